The SMILES string of the molecule is O=C(O)C1CCC1c1ccc(Br)cc1. The molecule has 1 aliphatic carbocycles. The van der Waals surface area contributed by atoms with E-state index in [9.17, 15) is 4.79 Å². The van der Waals surface area contributed by atoms with Crippen LogP contribution in [0, 0.1) is 5.92 Å². The van der Waals surface area contributed by atoms with Gasteiger partial charge in [0.2, 0.25) is 0 Å². The lowest BCUT2D eigenvalue weighted by Crippen LogP contribution is -2.30. The van der Waals surface area contributed by atoms with E-state index < -0.39 is 5.97 Å². The van der Waals surface area contributed by atoms with Gasteiger partial charge in [0.1, 0.15) is 0 Å². The number of hydrogen-bond acceptors (Lipinski definition) is 1. The van der Waals surface area contributed by atoms with Gasteiger partial charge in [-0.25, -0.2) is 0 Å². The van der Waals surface area contributed by atoms with E-state index >= 15 is 0 Å². The highest BCUT2D eigenvalue weighted by Gasteiger charge is 2.37. The molecule has 2 nitrogen and oxygen atoms in total. The summed E-state index contributed by atoms with van der Waals surface area (Å²) in [6.45, 7) is 0. The van der Waals surface area contributed by atoms with Crippen molar-refractivity contribution in [1.29, 1.82) is 0 Å². The quantitative estimate of drug-likeness (QED) is 0.881. The van der Waals surface area contributed by atoms with Crippen LogP contribution in [0.4, 0.5) is 0 Å². The maximum Gasteiger partial charge on any atom is 0.307 e. The standard InChI is InChI=1S/C11H11BrO2/c12-8-3-1-7(2-4-8)9-5-6-10(9)11(13)14/h1-4,9-10H,5-6H2,(H,13,14). The van der Waals surface area contributed by atoms with Crippen LogP contribution in [0.25, 0.3) is 0 Å². The molecule has 0 aromatic heterocycles. The van der Waals surface area contributed by atoms with Crippen molar-refractivity contribution in [2.75, 3.05) is 0 Å². The molecular weight excluding hydrogens is 244 g/mol. The monoisotopic (exact) mass is 254 g/mol. The van der Waals surface area contributed by atoms with Crippen molar-refractivity contribution in [3.63, 3.8) is 0 Å². The third-order valence-corrected chi connectivity index (χ3v) is 3.42. The van der Waals surface area contributed by atoms with Crippen LogP contribution in [-0.4, -0.2) is 11.1 Å². The molecule has 74 valence electrons. The van der Waals surface area contributed by atoms with Gasteiger partial charge >= 0.3 is 5.97 Å². The van der Waals surface area contributed by atoms with E-state index in [4.69, 9.17) is 5.11 Å². The van der Waals surface area contributed by atoms with Crippen LogP contribution in [0.3, 0.4) is 0 Å². The van der Waals surface area contributed by atoms with Crippen molar-refractivity contribution in [2.45, 2.75) is 18.8 Å². The van der Waals surface area contributed by atoms with Gasteiger partial charge in [0, 0.05) is 4.47 Å². The zero-order valence-corrected chi connectivity index (χ0v) is 9.20. The summed E-state index contributed by atoms with van der Waals surface area (Å²) in [5.74, 6) is -0.610. The zero-order valence-electron chi connectivity index (χ0n) is 7.61. The number of benzene rings is 1. The molecule has 0 aliphatic heterocycles. The van der Waals surface area contributed by atoms with Crippen LogP contribution in [0.1, 0.15) is 24.3 Å². The highest BCUT2D eigenvalue weighted by molar-refractivity contribution is 9.10. The molecule has 0 bridgehead atoms. The Morgan fingerprint density at radius 1 is 1.29 bits per heavy atom. The first-order valence-electron chi connectivity index (χ1n) is 4.67. The molecule has 1 saturated carbocycles. The molecule has 2 rings (SSSR count). The van der Waals surface area contributed by atoms with Crippen molar-refractivity contribution < 1.29 is 9.90 Å². The zero-order chi connectivity index (χ0) is 10.1. The Labute approximate surface area is 91.1 Å². The van der Waals surface area contributed by atoms with Gasteiger partial charge in [-0.15, -0.1) is 0 Å². The third kappa shape index (κ3) is 1.69. The Hall–Kier alpha value is -0.830. The Morgan fingerprint density at radius 3 is 2.36 bits per heavy atom. The maximum absolute atomic E-state index is 10.8. The maximum atomic E-state index is 10.8. The minimum atomic E-state index is -0.663. The molecule has 1 N–H and O–H groups in total. The highest BCUT2D eigenvalue weighted by Crippen LogP contribution is 2.42. The van der Waals surface area contributed by atoms with Crippen LogP contribution in [-0.2, 0) is 4.79 Å². The second-order valence-electron chi connectivity index (χ2n) is 3.68. The first kappa shape index (κ1) is 9.71. The topological polar surface area (TPSA) is 37.3 Å². The summed E-state index contributed by atoms with van der Waals surface area (Å²) in [4.78, 5) is 10.8. The normalized spacial score (nSPS) is 25.5. The molecule has 0 heterocycles. The van der Waals surface area contributed by atoms with Crippen LogP contribution < -0.4 is 0 Å². The first-order chi connectivity index (χ1) is 6.68. The van der Waals surface area contributed by atoms with Gasteiger partial charge < -0.3 is 5.11 Å². The summed E-state index contributed by atoms with van der Waals surface area (Å²) in [7, 11) is 0. The summed E-state index contributed by atoms with van der Waals surface area (Å²) in [6.07, 6.45) is 1.81. The van der Waals surface area contributed by atoms with Crippen LogP contribution >= 0.6 is 15.9 Å². The smallest absolute Gasteiger partial charge is 0.307 e. The second kappa shape index (κ2) is 3.73. The van der Waals surface area contributed by atoms with Crippen molar-refractivity contribution >= 4 is 21.9 Å². The first-order valence-corrected chi connectivity index (χ1v) is 5.46. The number of carbonyl (C=O) groups is 1. The van der Waals surface area contributed by atoms with Crippen LogP contribution in [0.2, 0.25) is 0 Å². The van der Waals surface area contributed by atoms with Gasteiger partial charge in [0.05, 0.1) is 5.92 Å². The molecule has 0 amide bonds. The van der Waals surface area contributed by atoms with E-state index in [2.05, 4.69) is 15.9 Å². The summed E-state index contributed by atoms with van der Waals surface area (Å²) in [5.41, 5.74) is 1.15. The molecule has 14 heavy (non-hydrogen) atoms. The molecule has 2 atom stereocenters. The van der Waals surface area contributed by atoms with E-state index in [1.807, 2.05) is 24.3 Å². The number of aliphatic carboxylic acids is 1. The molecular formula is C11H11BrO2. The van der Waals surface area contributed by atoms with E-state index in [-0.39, 0.29) is 11.8 Å². The minimum absolute atomic E-state index is 0.170. The van der Waals surface area contributed by atoms with Gasteiger partial charge in [-0.3, -0.25) is 4.79 Å². The molecule has 2 unspecified atom stereocenters. The van der Waals surface area contributed by atoms with E-state index in [0.29, 0.717) is 0 Å². The van der Waals surface area contributed by atoms with Crippen molar-refractivity contribution in [1.82, 2.24) is 0 Å². The predicted molar refractivity (Wildman–Crippen MR) is 57.2 cm³/mol. The largest absolute Gasteiger partial charge is 0.481 e. The van der Waals surface area contributed by atoms with Gasteiger partial charge in [-0.1, -0.05) is 28.1 Å². The van der Waals surface area contributed by atoms with Crippen LogP contribution in [0.15, 0.2) is 28.7 Å². The fraction of sp³-hybridized carbons (Fsp3) is 0.364. The molecule has 0 radical (unpaired) electrons. The van der Waals surface area contributed by atoms with Gasteiger partial charge in [0.15, 0.2) is 0 Å². The molecule has 0 spiro atoms. The van der Waals surface area contributed by atoms with Crippen molar-refractivity contribution in [3.8, 4) is 0 Å². The minimum Gasteiger partial charge on any atom is -0.481 e. The Balaban J connectivity index is 2.16. The second-order valence-corrected chi connectivity index (χ2v) is 4.60. The van der Waals surface area contributed by atoms with E-state index in [0.717, 1.165) is 22.9 Å². The summed E-state index contributed by atoms with van der Waals surface area (Å²) >= 11 is 3.36. The fourth-order valence-corrected chi connectivity index (χ4v) is 2.17. The molecule has 1 aromatic rings. The van der Waals surface area contributed by atoms with E-state index in [1.165, 1.54) is 0 Å². The number of carboxylic acids is 1. The number of hydrogen-bond donors (Lipinski definition) is 1. The van der Waals surface area contributed by atoms with Gasteiger partial charge in [0.25, 0.3) is 0 Å². The Kier molecular flexibility index (Phi) is 2.59. The molecule has 0 saturated heterocycles. The predicted octanol–water partition coefficient (Wildman–Crippen LogP) is 3.03. The Bertz CT molecular complexity index is 345. The number of carboxylic acid groups (broad SMARTS) is 1. The fourth-order valence-electron chi connectivity index (χ4n) is 1.90. The van der Waals surface area contributed by atoms with Gasteiger partial charge in [-0.05, 0) is 36.5 Å². The molecule has 1 aliphatic rings. The van der Waals surface area contributed by atoms with Crippen molar-refractivity contribution in [3.05, 3.63) is 34.3 Å². The van der Waals surface area contributed by atoms with Gasteiger partial charge in [-0.2, -0.15) is 0 Å². The van der Waals surface area contributed by atoms with Crippen LogP contribution in [0.5, 0.6) is 0 Å². The van der Waals surface area contributed by atoms with E-state index in [1.54, 1.807) is 0 Å². The summed E-state index contributed by atoms with van der Waals surface area (Å²) in [6, 6.07) is 7.94. The lowest BCUT2D eigenvalue weighted by atomic mass is 9.70. The highest BCUT2D eigenvalue weighted by atomic mass is 79.9. The summed E-state index contributed by atoms with van der Waals surface area (Å²) in [5, 5.41) is 8.91. The molecule has 1 aromatic carbocycles. The summed E-state index contributed by atoms with van der Waals surface area (Å²) < 4.78 is 1.03. The molecule has 3 heteroatoms. The lowest BCUT2D eigenvalue weighted by molar-refractivity contribution is -0.145. The van der Waals surface area contributed by atoms with Crippen molar-refractivity contribution in [2.24, 2.45) is 5.92 Å². The Morgan fingerprint density at radius 2 is 1.93 bits per heavy atom. The lowest BCUT2D eigenvalue weighted by Gasteiger charge is -2.33. The number of rotatable bonds is 2. The third-order valence-electron chi connectivity index (χ3n) is 2.89. The average molecular weight is 255 g/mol. The number of halogens is 1. The molecule has 1 fully saturated rings. The average Bonchev–Trinajstić information content (AvgIpc) is 2.05.